The fourth-order valence-electron chi connectivity index (χ4n) is 2.96. The molecule has 128 valence electrons. The van der Waals surface area contributed by atoms with Crippen LogP contribution in [0.3, 0.4) is 0 Å². The first-order chi connectivity index (χ1) is 11.6. The Morgan fingerprint density at radius 2 is 2.33 bits per heavy atom. The number of anilines is 1. The summed E-state index contributed by atoms with van der Waals surface area (Å²) < 4.78 is 3.86. The number of rotatable bonds is 6. The zero-order valence-electron chi connectivity index (χ0n) is 14.0. The SMILES string of the molecule is CCCc1nnsc1C(=O)NCC(O)c1ccc2c(c1)CCN2C. The van der Waals surface area contributed by atoms with E-state index >= 15 is 0 Å². The van der Waals surface area contributed by atoms with Crippen molar-refractivity contribution >= 4 is 23.1 Å². The number of nitrogens with one attached hydrogen (secondary N) is 1. The molecule has 0 fully saturated rings. The number of carbonyl (C=O) groups is 1. The summed E-state index contributed by atoms with van der Waals surface area (Å²) in [6.07, 6.45) is 1.92. The molecule has 0 saturated heterocycles. The minimum absolute atomic E-state index is 0.178. The van der Waals surface area contributed by atoms with Gasteiger partial charge in [-0.15, -0.1) is 5.10 Å². The van der Waals surface area contributed by atoms with Crippen LogP contribution in [0, 0.1) is 0 Å². The van der Waals surface area contributed by atoms with Crippen LogP contribution in [0.25, 0.3) is 0 Å². The van der Waals surface area contributed by atoms with Gasteiger partial charge in [-0.05, 0) is 41.6 Å². The van der Waals surface area contributed by atoms with Gasteiger partial charge in [-0.2, -0.15) is 0 Å². The van der Waals surface area contributed by atoms with Crippen LogP contribution in [-0.4, -0.2) is 40.7 Å². The standard InChI is InChI=1S/C17H22N4O2S/c1-3-4-13-16(24-20-19-13)17(23)18-10-15(22)12-5-6-14-11(9-12)7-8-21(14)2/h5-6,9,15,22H,3-4,7-8,10H2,1-2H3,(H,18,23). The number of aromatic nitrogens is 2. The third kappa shape index (κ3) is 3.42. The molecular formula is C17H22N4O2S. The highest BCUT2D eigenvalue weighted by molar-refractivity contribution is 7.08. The van der Waals surface area contributed by atoms with Crippen LogP contribution in [0.4, 0.5) is 5.69 Å². The van der Waals surface area contributed by atoms with Crippen molar-refractivity contribution in [2.75, 3.05) is 25.0 Å². The Kier molecular flexibility index (Phi) is 5.11. The van der Waals surface area contributed by atoms with Crippen molar-refractivity contribution < 1.29 is 9.90 Å². The van der Waals surface area contributed by atoms with E-state index in [4.69, 9.17) is 0 Å². The lowest BCUT2D eigenvalue weighted by Gasteiger charge is -2.15. The highest BCUT2D eigenvalue weighted by atomic mass is 32.1. The zero-order chi connectivity index (χ0) is 17.1. The number of hydrogen-bond acceptors (Lipinski definition) is 6. The molecule has 1 aromatic carbocycles. The van der Waals surface area contributed by atoms with Gasteiger partial charge in [-0.25, -0.2) is 0 Å². The van der Waals surface area contributed by atoms with Gasteiger partial charge in [-0.1, -0.05) is 30.0 Å². The maximum Gasteiger partial charge on any atom is 0.265 e. The smallest absolute Gasteiger partial charge is 0.265 e. The molecule has 1 aliphatic rings. The maximum atomic E-state index is 12.3. The molecule has 1 unspecified atom stereocenters. The lowest BCUT2D eigenvalue weighted by Crippen LogP contribution is -2.28. The lowest BCUT2D eigenvalue weighted by molar-refractivity contribution is 0.0919. The Bertz CT molecular complexity index is 731. The average Bonchev–Trinajstić information content (AvgIpc) is 3.19. The van der Waals surface area contributed by atoms with Crippen molar-refractivity contribution in [3.63, 3.8) is 0 Å². The fourth-order valence-corrected chi connectivity index (χ4v) is 3.59. The molecule has 1 aromatic heterocycles. The summed E-state index contributed by atoms with van der Waals surface area (Å²) in [5, 5.41) is 17.2. The molecule has 3 rings (SSSR count). The molecule has 1 aliphatic heterocycles. The Morgan fingerprint density at radius 1 is 1.50 bits per heavy atom. The minimum atomic E-state index is -0.722. The number of amides is 1. The molecule has 7 heteroatoms. The maximum absolute atomic E-state index is 12.3. The lowest BCUT2D eigenvalue weighted by atomic mass is 10.0. The fraction of sp³-hybridized carbons (Fsp3) is 0.471. The van der Waals surface area contributed by atoms with Gasteiger partial charge in [0.15, 0.2) is 0 Å². The first kappa shape index (κ1) is 16.9. The van der Waals surface area contributed by atoms with Gasteiger partial charge >= 0.3 is 0 Å². The third-order valence-corrected chi connectivity index (χ3v) is 5.09. The number of aliphatic hydroxyl groups excluding tert-OH is 1. The Morgan fingerprint density at radius 3 is 3.12 bits per heavy atom. The van der Waals surface area contributed by atoms with Crippen molar-refractivity contribution in [1.29, 1.82) is 0 Å². The Balaban J connectivity index is 1.62. The summed E-state index contributed by atoms with van der Waals surface area (Å²) in [6, 6.07) is 6.00. The number of likely N-dealkylation sites (N-methyl/N-ethyl adjacent to an activating group) is 1. The van der Waals surface area contributed by atoms with Crippen molar-refractivity contribution in [3.8, 4) is 0 Å². The van der Waals surface area contributed by atoms with Gasteiger partial charge in [0, 0.05) is 25.8 Å². The van der Waals surface area contributed by atoms with E-state index in [-0.39, 0.29) is 12.5 Å². The quantitative estimate of drug-likeness (QED) is 0.836. The van der Waals surface area contributed by atoms with Crippen LogP contribution < -0.4 is 10.2 Å². The van der Waals surface area contributed by atoms with Crippen molar-refractivity contribution in [2.24, 2.45) is 0 Å². The summed E-state index contributed by atoms with van der Waals surface area (Å²) >= 11 is 1.10. The van der Waals surface area contributed by atoms with Crippen LogP contribution in [0.1, 0.15) is 45.9 Å². The molecule has 2 heterocycles. The summed E-state index contributed by atoms with van der Waals surface area (Å²) in [5.74, 6) is -0.214. The molecule has 0 aliphatic carbocycles. The largest absolute Gasteiger partial charge is 0.387 e. The number of aryl methyl sites for hydroxylation is 1. The molecule has 0 radical (unpaired) electrons. The summed E-state index contributed by atoms with van der Waals surface area (Å²) in [5.41, 5.74) is 4.03. The molecular weight excluding hydrogens is 324 g/mol. The predicted octanol–water partition coefficient (Wildman–Crippen LogP) is 1.95. The number of fused-ring (bicyclic) bond motifs is 1. The Hall–Kier alpha value is -1.99. The topological polar surface area (TPSA) is 78.3 Å². The van der Waals surface area contributed by atoms with E-state index in [0.29, 0.717) is 4.88 Å². The van der Waals surface area contributed by atoms with Crippen molar-refractivity contribution in [3.05, 3.63) is 39.9 Å². The van der Waals surface area contributed by atoms with E-state index in [1.54, 1.807) is 0 Å². The molecule has 0 saturated carbocycles. The van der Waals surface area contributed by atoms with E-state index in [0.717, 1.165) is 48.6 Å². The van der Waals surface area contributed by atoms with Gasteiger partial charge in [0.1, 0.15) is 4.88 Å². The Labute approximate surface area is 145 Å². The summed E-state index contributed by atoms with van der Waals surface area (Å²) in [7, 11) is 2.07. The van der Waals surface area contributed by atoms with Crippen LogP contribution in [0.15, 0.2) is 18.2 Å². The highest BCUT2D eigenvalue weighted by Gasteiger charge is 2.20. The van der Waals surface area contributed by atoms with Gasteiger partial charge in [0.05, 0.1) is 11.8 Å². The minimum Gasteiger partial charge on any atom is -0.387 e. The van der Waals surface area contributed by atoms with E-state index in [9.17, 15) is 9.90 Å². The normalized spacial score (nSPS) is 14.5. The molecule has 0 bridgehead atoms. The molecule has 0 spiro atoms. The third-order valence-electron chi connectivity index (χ3n) is 4.32. The van der Waals surface area contributed by atoms with Gasteiger partial charge in [0.2, 0.25) is 0 Å². The molecule has 2 aromatic rings. The number of hydrogen-bond donors (Lipinski definition) is 2. The molecule has 24 heavy (non-hydrogen) atoms. The van der Waals surface area contributed by atoms with E-state index in [1.807, 2.05) is 25.1 Å². The second-order valence-electron chi connectivity index (χ2n) is 6.08. The average molecular weight is 346 g/mol. The first-order valence-corrected chi connectivity index (χ1v) is 8.99. The van der Waals surface area contributed by atoms with E-state index in [1.165, 1.54) is 11.3 Å². The molecule has 1 amide bonds. The number of benzene rings is 1. The predicted molar refractivity (Wildman–Crippen MR) is 94.6 cm³/mol. The highest BCUT2D eigenvalue weighted by Crippen LogP contribution is 2.29. The zero-order valence-corrected chi connectivity index (χ0v) is 14.8. The second kappa shape index (κ2) is 7.27. The molecule has 1 atom stereocenters. The van der Waals surface area contributed by atoms with Crippen molar-refractivity contribution in [2.45, 2.75) is 32.3 Å². The first-order valence-electron chi connectivity index (χ1n) is 8.21. The number of nitrogens with zero attached hydrogens (tertiary/aromatic N) is 3. The summed E-state index contributed by atoms with van der Waals surface area (Å²) in [4.78, 5) is 15.0. The molecule has 6 nitrogen and oxygen atoms in total. The van der Waals surface area contributed by atoms with Crippen LogP contribution in [-0.2, 0) is 12.8 Å². The second-order valence-corrected chi connectivity index (χ2v) is 6.84. The molecule has 2 N–H and O–H groups in total. The van der Waals surface area contributed by atoms with Gasteiger partial charge < -0.3 is 15.3 Å². The number of carbonyl (C=O) groups excluding carboxylic acids is 1. The van der Waals surface area contributed by atoms with Crippen molar-refractivity contribution in [1.82, 2.24) is 14.9 Å². The monoisotopic (exact) mass is 346 g/mol. The van der Waals surface area contributed by atoms with Crippen LogP contribution in [0.5, 0.6) is 0 Å². The van der Waals surface area contributed by atoms with E-state index < -0.39 is 6.10 Å². The van der Waals surface area contributed by atoms with Crippen LogP contribution in [0.2, 0.25) is 0 Å². The van der Waals surface area contributed by atoms with Crippen LogP contribution >= 0.6 is 11.5 Å². The van der Waals surface area contributed by atoms with E-state index in [2.05, 4.69) is 26.9 Å². The summed E-state index contributed by atoms with van der Waals surface area (Å²) in [6.45, 7) is 3.22. The number of aliphatic hydroxyl groups is 1. The van der Waals surface area contributed by atoms with Gasteiger partial charge in [0.25, 0.3) is 5.91 Å². The van der Waals surface area contributed by atoms with Gasteiger partial charge in [-0.3, -0.25) is 4.79 Å².